The lowest BCUT2D eigenvalue weighted by molar-refractivity contribution is 0.181. The highest BCUT2D eigenvalue weighted by atomic mass is 19.2. The van der Waals surface area contributed by atoms with E-state index < -0.39 is 41.2 Å². The summed E-state index contributed by atoms with van der Waals surface area (Å²) in [5.74, 6) is -0.733. The summed E-state index contributed by atoms with van der Waals surface area (Å²) in [5.41, 5.74) is 0.229. The maximum absolute atomic E-state index is 13.4. The molecule has 0 aromatic heterocycles. The van der Waals surface area contributed by atoms with E-state index >= 15 is 0 Å². The molecule has 3 aromatic carbocycles. The van der Waals surface area contributed by atoms with Crippen LogP contribution < -0.4 is 28.4 Å². The predicted octanol–water partition coefficient (Wildman–Crippen LogP) is 6.86. The van der Waals surface area contributed by atoms with Crippen LogP contribution in [0.3, 0.4) is 0 Å². The van der Waals surface area contributed by atoms with Crippen molar-refractivity contribution >= 4 is 0 Å². The molecular formula is C24H20F6O6. The van der Waals surface area contributed by atoms with E-state index in [0.29, 0.717) is 0 Å². The van der Waals surface area contributed by atoms with Crippen molar-refractivity contribution in [2.45, 2.75) is 0 Å². The van der Waals surface area contributed by atoms with Crippen LogP contribution >= 0.6 is 0 Å². The number of hydrogen-bond donors (Lipinski definition) is 0. The Kier molecular flexibility index (Phi) is 9.78. The topological polar surface area (TPSA) is 55.4 Å². The summed E-state index contributed by atoms with van der Waals surface area (Å²) in [7, 11) is 0. The zero-order valence-electron chi connectivity index (χ0n) is 18.6. The summed E-state index contributed by atoms with van der Waals surface area (Å²) in [6.07, 6.45) is 0. The third-order valence-electron chi connectivity index (χ3n) is 4.79. The molecule has 0 heterocycles. The SMILES string of the molecule is FCOc1cc(OCF)cc(-c2c(OCF)cc(-c3c(OCF)cccc3OCF)cc2OCF)c1. The highest BCUT2D eigenvalue weighted by molar-refractivity contribution is 5.86. The third-order valence-corrected chi connectivity index (χ3v) is 4.79. The first-order valence-electron chi connectivity index (χ1n) is 10.2. The van der Waals surface area contributed by atoms with Crippen LogP contribution in [0.2, 0.25) is 0 Å². The second-order valence-electron chi connectivity index (χ2n) is 6.69. The van der Waals surface area contributed by atoms with Crippen molar-refractivity contribution in [2.24, 2.45) is 0 Å². The highest BCUT2D eigenvalue weighted by Crippen LogP contribution is 2.48. The fourth-order valence-electron chi connectivity index (χ4n) is 3.53. The van der Waals surface area contributed by atoms with E-state index in [4.69, 9.17) is 28.4 Å². The standard InChI is InChI=1S/C24H20F6O6/c25-9-31-17-4-15(5-18(8-17)32-10-26)24-21(35-13-29)6-16(7-22(24)36-14-30)23-19(33-11-27)2-1-3-20(23)34-12-28/h1-8H,9-14H2. The van der Waals surface area contributed by atoms with E-state index in [0.717, 1.165) is 0 Å². The molecule has 0 fully saturated rings. The molecule has 0 N–H and O–H groups in total. The van der Waals surface area contributed by atoms with Gasteiger partial charge in [0.25, 0.3) is 0 Å². The van der Waals surface area contributed by atoms with E-state index in [1.807, 2.05) is 0 Å². The van der Waals surface area contributed by atoms with Gasteiger partial charge in [-0.05, 0) is 47.5 Å². The van der Waals surface area contributed by atoms with Crippen molar-refractivity contribution in [3.05, 3.63) is 48.5 Å². The number of rotatable bonds is 14. The second-order valence-corrected chi connectivity index (χ2v) is 6.69. The van der Waals surface area contributed by atoms with Crippen molar-refractivity contribution in [1.82, 2.24) is 0 Å². The lowest BCUT2D eigenvalue weighted by Crippen LogP contribution is -2.02. The minimum atomic E-state index is -1.34. The lowest BCUT2D eigenvalue weighted by atomic mass is 9.96. The number of halogens is 6. The molecule has 0 aliphatic carbocycles. The molecule has 0 atom stereocenters. The number of ether oxygens (including phenoxy) is 6. The predicted molar refractivity (Wildman–Crippen MR) is 117 cm³/mol. The van der Waals surface area contributed by atoms with Crippen molar-refractivity contribution < 1.29 is 54.8 Å². The van der Waals surface area contributed by atoms with Gasteiger partial charge in [0.05, 0.1) is 11.1 Å². The van der Waals surface area contributed by atoms with Crippen molar-refractivity contribution in [2.75, 3.05) is 41.2 Å². The Hall–Kier alpha value is -3.96. The molecule has 3 aromatic rings. The normalized spacial score (nSPS) is 10.6. The Bertz CT molecular complexity index is 1070. The van der Waals surface area contributed by atoms with Crippen molar-refractivity contribution in [1.29, 1.82) is 0 Å². The Morgan fingerprint density at radius 1 is 0.417 bits per heavy atom. The molecule has 0 aliphatic heterocycles. The minimum Gasteiger partial charge on any atom is -0.463 e. The maximum atomic E-state index is 13.4. The van der Waals surface area contributed by atoms with Gasteiger partial charge in [-0.25, -0.2) is 26.3 Å². The molecule has 36 heavy (non-hydrogen) atoms. The first-order valence-corrected chi connectivity index (χ1v) is 10.2. The average molecular weight is 518 g/mol. The fraction of sp³-hybridized carbons (Fsp3) is 0.250. The summed E-state index contributed by atoms with van der Waals surface area (Å²) < 4.78 is 108. The molecule has 0 saturated carbocycles. The van der Waals surface area contributed by atoms with Crippen LogP contribution in [0.4, 0.5) is 26.3 Å². The summed E-state index contributed by atoms with van der Waals surface area (Å²) >= 11 is 0. The quantitative estimate of drug-likeness (QED) is 0.218. The first-order chi connectivity index (χ1) is 17.6. The minimum absolute atomic E-state index is 0.0288. The number of hydrogen-bond acceptors (Lipinski definition) is 6. The van der Waals surface area contributed by atoms with Crippen LogP contribution in [0, 0.1) is 0 Å². The van der Waals surface area contributed by atoms with Gasteiger partial charge in [0.1, 0.15) is 34.5 Å². The first kappa shape index (κ1) is 26.6. The Morgan fingerprint density at radius 2 is 0.778 bits per heavy atom. The van der Waals surface area contributed by atoms with Crippen LogP contribution in [0.25, 0.3) is 22.3 Å². The van der Waals surface area contributed by atoms with Gasteiger partial charge in [-0.15, -0.1) is 0 Å². The van der Waals surface area contributed by atoms with E-state index in [1.54, 1.807) is 0 Å². The second kappa shape index (κ2) is 13.2. The van der Waals surface area contributed by atoms with Gasteiger partial charge in [-0.1, -0.05) is 6.07 Å². The van der Waals surface area contributed by atoms with E-state index in [-0.39, 0.29) is 56.8 Å². The molecule has 194 valence electrons. The Morgan fingerprint density at radius 3 is 1.19 bits per heavy atom. The Labute approximate surface area is 201 Å². The van der Waals surface area contributed by atoms with Gasteiger partial charge in [-0.2, -0.15) is 0 Å². The zero-order chi connectivity index (χ0) is 25.9. The van der Waals surface area contributed by atoms with Gasteiger partial charge in [0, 0.05) is 6.07 Å². The largest absolute Gasteiger partial charge is 0.463 e. The monoisotopic (exact) mass is 518 g/mol. The Balaban J connectivity index is 2.30. The summed E-state index contributed by atoms with van der Waals surface area (Å²) in [5, 5.41) is 0. The zero-order valence-corrected chi connectivity index (χ0v) is 18.6. The molecule has 6 nitrogen and oxygen atoms in total. The van der Waals surface area contributed by atoms with Gasteiger partial charge < -0.3 is 28.4 Å². The van der Waals surface area contributed by atoms with Crippen LogP contribution in [0.1, 0.15) is 0 Å². The van der Waals surface area contributed by atoms with Crippen LogP contribution in [0.5, 0.6) is 34.5 Å². The average Bonchev–Trinajstić information content (AvgIpc) is 2.85. The number of alkyl halides is 6. The molecule has 3 rings (SSSR count). The van der Waals surface area contributed by atoms with Crippen LogP contribution in [-0.2, 0) is 0 Å². The molecule has 0 saturated heterocycles. The third kappa shape index (κ3) is 6.18. The molecular weight excluding hydrogens is 498 g/mol. The molecule has 0 amide bonds. The van der Waals surface area contributed by atoms with E-state index in [1.165, 1.54) is 48.5 Å². The summed E-state index contributed by atoms with van der Waals surface area (Å²) in [6, 6.07) is 10.5. The van der Waals surface area contributed by atoms with Gasteiger partial charge in [0.2, 0.25) is 41.2 Å². The molecule has 0 aliphatic rings. The molecule has 12 heteroatoms. The fourth-order valence-corrected chi connectivity index (χ4v) is 3.53. The molecule has 0 unspecified atom stereocenters. The van der Waals surface area contributed by atoms with Crippen molar-refractivity contribution in [3.63, 3.8) is 0 Å². The van der Waals surface area contributed by atoms with Gasteiger partial charge >= 0.3 is 0 Å². The van der Waals surface area contributed by atoms with Gasteiger partial charge in [-0.3, -0.25) is 0 Å². The molecule has 0 spiro atoms. The van der Waals surface area contributed by atoms with Gasteiger partial charge in [0.15, 0.2) is 0 Å². The van der Waals surface area contributed by atoms with Crippen molar-refractivity contribution in [3.8, 4) is 56.8 Å². The summed E-state index contributed by atoms with van der Waals surface area (Å²) in [4.78, 5) is 0. The summed E-state index contributed by atoms with van der Waals surface area (Å²) in [6.45, 7) is -7.58. The van der Waals surface area contributed by atoms with Crippen LogP contribution in [-0.4, -0.2) is 41.2 Å². The van der Waals surface area contributed by atoms with Crippen LogP contribution in [0.15, 0.2) is 48.5 Å². The highest BCUT2D eigenvalue weighted by Gasteiger charge is 2.22. The smallest absolute Gasteiger partial charge is 0.228 e. The van der Waals surface area contributed by atoms with E-state index in [2.05, 4.69) is 0 Å². The molecule has 0 radical (unpaired) electrons. The molecule has 0 bridgehead atoms. The lowest BCUT2D eigenvalue weighted by Gasteiger charge is -2.20. The number of benzene rings is 3. The van der Waals surface area contributed by atoms with E-state index in [9.17, 15) is 26.3 Å². The maximum Gasteiger partial charge on any atom is 0.228 e.